The molecule has 0 aliphatic carbocycles. The van der Waals surface area contributed by atoms with E-state index >= 15 is 0 Å². The van der Waals surface area contributed by atoms with E-state index in [2.05, 4.69) is 4.99 Å². The van der Waals surface area contributed by atoms with Gasteiger partial charge in [0, 0.05) is 38.3 Å². The summed E-state index contributed by atoms with van der Waals surface area (Å²) >= 11 is 0. The van der Waals surface area contributed by atoms with Gasteiger partial charge < -0.3 is 30.7 Å². The van der Waals surface area contributed by atoms with Gasteiger partial charge >= 0.3 is 0 Å². The van der Waals surface area contributed by atoms with Crippen LogP contribution < -0.4 is 15.3 Å². The number of para-hydroxylation sites is 1. The summed E-state index contributed by atoms with van der Waals surface area (Å²) in [5.41, 5.74) is 1.22. The number of carbonyl (C=O) groups is 1. The van der Waals surface area contributed by atoms with E-state index in [0.29, 0.717) is 5.56 Å². The first-order chi connectivity index (χ1) is 11.7. The molecule has 0 spiro atoms. The number of hydrogen-bond acceptors (Lipinski definition) is 6. The van der Waals surface area contributed by atoms with Gasteiger partial charge in [-0.1, -0.05) is 54.6 Å². The number of rotatable bonds is 5. The van der Waals surface area contributed by atoms with E-state index in [4.69, 9.17) is 10.2 Å². The molecule has 0 aliphatic heterocycles. The third-order valence-electron chi connectivity index (χ3n) is 2.86. The van der Waals surface area contributed by atoms with Crippen molar-refractivity contribution in [3.63, 3.8) is 0 Å². The summed E-state index contributed by atoms with van der Waals surface area (Å²) < 4.78 is 0. The van der Waals surface area contributed by atoms with Crippen molar-refractivity contribution < 1.29 is 49.3 Å². The number of aliphatic hydroxyl groups is 1. The molecule has 0 saturated carbocycles. The number of aliphatic hydroxyl groups excluding tert-OH is 1. The minimum absolute atomic E-state index is 0. The van der Waals surface area contributed by atoms with Gasteiger partial charge in [0.2, 0.25) is 0 Å². The van der Waals surface area contributed by atoms with Crippen molar-refractivity contribution in [2.75, 3.05) is 14.2 Å². The topological polar surface area (TPSA) is 147 Å². The van der Waals surface area contributed by atoms with E-state index in [1.165, 1.54) is 12.3 Å². The summed E-state index contributed by atoms with van der Waals surface area (Å²) in [7, 11) is 1.75. The van der Waals surface area contributed by atoms with Crippen LogP contribution in [-0.4, -0.2) is 37.6 Å². The minimum Gasteiger partial charge on any atom is -2.00 e. The van der Waals surface area contributed by atoms with Crippen LogP contribution in [0.15, 0.2) is 59.6 Å². The first-order valence-corrected chi connectivity index (χ1v) is 7.06. The quantitative estimate of drug-likeness (QED) is 0.643. The molecule has 0 aromatic heterocycles. The Bertz CT molecular complexity index is 622. The molecule has 26 heavy (non-hydrogen) atoms. The zero-order valence-electron chi connectivity index (χ0n) is 14.4. The maximum Gasteiger partial charge on any atom is 0.0933 e. The molecule has 2 aromatic rings. The molecule has 1 N–H and O–H groups in total. The summed E-state index contributed by atoms with van der Waals surface area (Å²) in [6, 6.07) is 14.5. The molecule has 1 atom stereocenters. The van der Waals surface area contributed by atoms with E-state index in [9.17, 15) is 15.0 Å². The fraction of sp³-hybridized carbons (Fsp3) is 0.222. The van der Waals surface area contributed by atoms with Crippen molar-refractivity contribution >= 4 is 12.2 Å². The smallest absolute Gasteiger partial charge is 0.0933 e. The largest absolute Gasteiger partial charge is 2.00 e. The normalized spacial score (nSPS) is 10.0. The molecule has 2 rings (SSSR count). The van der Waals surface area contributed by atoms with Crippen LogP contribution >= 0.6 is 0 Å². The molecule has 0 saturated heterocycles. The van der Waals surface area contributed by atoms with E-state index in [1.54, 1.807) is 18.2 Å². The van der Waals surface area contributed by atoms with Crippen LogP contribution in [-0.2, 0) is 35.2 Å². The van der Waals surface area contributed by atoms with Crippen LogP contribution in [0.1, 0.15) is 11.1 Å². The Kier molecular flexibility index (Phi) is 19.5. The minimum atomic E-state index is -1.26. The molecule has 0 amide bonds. The Morgan fingerprint density at radius 1 is 1.08 bits per heavy atom. The monoisotopic (exact) mass is 397 g/mol. The molecule has 0 fully saturated rings. The zero-order valence-corrected chi connectivity index (χ0v) is 15.8. The van der Waals surface area contributed by atoms with Gasteiger partial charge in [-0.2, -0.15) is 7.11 Å². The molecule has 1 radical (unpaired) electrons. The summed E-state index contributed by atoms with van der Waals surface area (Å²) in [4.78, 5) is 15.1. The van der Waals surface area contributed by atoms with Crippen molar-refractivity contribution in [3.05, 3.63) is 65.7 Å². The zero-order chi connectivity index (χ0) is 18.4. The summed E-state index contributed by atoms with van der Waals surface area (Å²) in [6.45, 7) is 0. The number of benzene rings is 2. The second-order valence-corrected chi connectivity index (χ2v) is 4.34. The summed E-state index contributed by atoms with van der Waals surface area (Å²) in [5, 5.41) is 37.9. The Morgan fingerprint density at radius 3 is 2.08 bits per heavy atom. The van der Waals surface area contributed by atoms with Gasteiger partial charge in [0.05, 0.1) is 12.0 Å². The van der Waals surface area contributed by atoms with Crippen molar-refractivity contribution in [3.8, 4) is 5.75 Å². The Labute approximate surface area is 164 Å². The van der Waals surface area contributed by atoms with E-state index in [0.717, 1.165) is 19.8 Å². The van der Waals surface area contributed by atoms with Gasteiger partial charge in [-0.25, -0.2) is 0 Å². The molecule has 0 aliphatic rings. The molecule has 8 heteroatoms. The number of carboxylic acid groups (broad SMARTS) is 1. The number of aliphatic carboxylic acids is 1. The van der Waals surface area contributed by atoms with Gasteiger partial charge in [-0.05, 0) is 11.1 Å². The predicted octanol–water partition coefficient (Wildman–Crippen LogP) is -0.996. The van der Waals surface area contributed by atoms with Crippen LogP contribution in [0.4, 0.5) is 0 Å². The first kappa shape index (κ1) is 28.6. The van der Waals surface area contributed by atoms with Crippen molar-refractivity contribution in [2.24, 2.45) is 4.99 Å². The molecule has 2 aromatic carbocycles. The average Bonchev–Trinajstić information content (AvgIpc) is 2.64. The maximum absolute atomic E-state index is 11.5. The first-order valence-electron chi connectivity index (χ1n) is 7.06. The third kappa shape index (κ3) is 10.7. The van der Waals surface area contributed by atoms with Crippen LogP contribution in [0.3, 0.4) is 0 Å². The number of hydrogen-bond donors (Lipinski definition) is 1. The van der Waals surface area contributed by atoms with E-state index in [1.807, 2.05) is 30.3 Å². The van der Waals surface area contributed by atoms with E-state index < -0.39 is 12.0 Å². The predicted molar refractivity (Wildman–Crippen MR) is 87.2 cm³/mol. The summed E-state index contributed by atoms with van der Waals surface area (Å²) in [5.74, 6) is -1.44. The van der Waals surface area contributed by atoms with Crippen LogP contribution in [0.25, 0.3) is 0 Å². The molecule has 143 valence electrons. The van der Waals surface area contributed by atoms with Crippen molar-refractivity contribution in [1.29, 1.82) is 0 Å². The number of carboxylic acids is 1. The van der Waals surface area contributed by atoms with Crippen LogP contribution in [0, 0.1) is 0 Å². The molecule has 7 nitrogen and oxygen atoms in total. The molecule has 0 unspecified atom stereocenters. The third-order valence-corrected chi connectivity index (χ3v) is 2.86. The van der Waals surface area contributed by atoms with Gasteiger partial charge in [0.1, 0.15) is 0 Å². The fourth-order valence-electron chi connectivity index (χ4n) is 1.79. The molecular weight excluding hydrogens is 377 g/mol. The second kappa shape index (κ2) is 17.7. The molecule has 0 heterocycles. The van der Waals surface area contributed by atoms with Crippen molar-refractivity contribution in [1.82, 2.24) is 0 Å². The average molecular weight is 397 g/mol. The fourth-order valence-corrected chi connectivity index (χ4v) is 1.79. The molecule has 0 bridgehead atoms. The Hall–Kier alpha value is -2.16. The summed E-state index contributed by atoms with van der Waals surface area (Å²) in [6.07, 6.45) is 1.53. The van der Waals surface area contributed by atoms with Gasteiger partial charge in [0.25, 0.3) is 0 Å². The maximum atomic E-state index is 11.5. The van der Waals surface area contributed by atoms with Crippen LogP contribution in [0.2, 0.25) is 0 Å². The molecular formula is C18H20NO6V-5. The van der Waals surface area contributed by atoms with Gasteiger partial charge in [-0.3, -0.25) is 4.99 Å². The van der Waals surface area contributed by atoms with Crippen molar-refractivity contribution in [2.45, 2.75) is 12.5 Å². The van der Waals surface area contributed by atoms with E-state index in [-0.39, 0.29) is 36.2 Å². The number of aliphatic imine (C=N–C) groups is 1. The second-order valence-electron chi connectivity index (χ2n) is 4.34. The van der Waals surface area contributed by atoms with Gasteiger partial charge in [0.15, 0.2) is 0 Å². The standard InChI is InChI=1S/C16H15NO3.CH4O.CH3O.O.V/c18-15-9-5-4-8-13(15)11-17-14(16(19)20)10-12-6-2-1-3-7-12;2*1-2;;/h1-9,11,14,18H,10H2,(H,19,20);2H,1H3;1H3;;/q;;-1;-2;/p-2/t14-;;;;/m0..../s1. The van der Waals surface area contributed by atoms with Gasteiger partial charge in [-0.15, -0.1) is 5.75 Å². The number of carbonyl (C=O) groups excluding carboxylic acids is 1. The SMILES string of the molecule is CO.C[O-].O=C([O-])[C@H](Cc1ccccc1)N=Cc1ccccc1[O-].[O-2].[V]. The Morgan fingerprint density at radius 2 is 1.58 bits per heavy atom. The Balaban J connectivity index is -0.000000824. The number of nitrogens with zero attached hydrogens (tertiary/aromatic N) is 1. The van der Waals surface area contributed by atoms with Crippen LogP contribution in [0.5, 0.6) is 5.75 Å².